The number of halogens is 1. The van der Waals surface area contributed by atoms with Gasteiger partial charge in [0, 0.05) is 53.5 Å². The zero-order chi connectivity index (χ0) is 23.8. The van der Waals surface area contributed by atoms with Crippen molar-refractivity contribution in [1.29, 1.82) is 0 Å². The number of carbonyl (C=O) groups excluding carboxylic acids is 2. The smallest absolute Gasteiger partial charge is 0.232 e. The molecule has 0 bridgehead atoms. The molecule has 0 radical (unpaired) electrons. The fourth-order valence-corrected chi connectivity index (χ4v) is 6.25. The average molecular weight is 498 g/mol. The Bertz CT molecular complexity index is 1250. The highest BCUT2D eigenvalue weighted by atomic mass is 35.5. The number of thiophene rings is 1. The maximum Gasteiger partial charge on any atom is 0.232 e. The molecule has 6 nitrogen and oxygen atoms in total. The third kappa shape index (κ3) is 4.62. The topological polar surface area (TPSA) is 71.5 Å². The number of likely N-dealkylation sites (tertiary alicyclic amines) is 1. The number of amides is 2. The summed E-state index contributed by atoms with van der Waals surface area (Å²) in [5.41, 5.74) is 5.36. The van der Waals surface area contributed by atoms with Gasteiger partial charge in [-0.15, -0.1) is 11.3 Å². The zero-order valence-electron chi connectivity index (χ0n) is 19.4. The van der Waals surface area contributed by atoms with Crippen LogP contribution in [0, 0.1) is 12.8 Å². The lowest BCUT2D eigenvalue weighted by Gasteiger charge is -2.28. The van der Waals surface area contributed by atoms with Gasteiger partial charge in [0.15, 0.2) is 0 Å². The second-order valence-corrected chi connectivity index (χ2v) is 10.8. The third-order valence-corrected chi connectivity index (χ3v) is 8.08. The van der Waals surface area contributed by atoms with Crippen LogP contribution in [0.5, 0.6) is 0 Å². The molecular weight excluding hydrogens is 470 g/mol. The molecule has 8 heteroatoms. The second-order valence-electron chi connectivity index (χ2n) is 9.19. The largest absolute Gasteiger partial charge is 0.375 e. The van der Waals surface area contributed by atoms with Gasteiger partial charge in [0.1, 0.15) is 0 Å². The molecule has 2 unspecified atom stereocenters. The van der Waals surface area contributed by atoms with E-state index in [4.69, 9.17) is 16.3 Å². The minimum atomic E-state index is -0.116. The summed E-state index contributed by atoms with van der Waals surface area (Å²) in [5, 5.41) is 4.10. The first-order valence-corrected chi connectivity index (χ1v) is 12.9. The van der Waals surface area contributed by atoms with E-state index in [1.54, 1.807) is 11.3 Å². The van der Waals surface area contributed by atoms with Gasteiger partial charge in [-0.25, -0.2) is 0 Å². The van der Waals surface area contributed by atoms with Gasteiger partial charge in [0.2, 0.25) is 11.8 Å². The van der Waals surface area contributed by atoms with Crippen molar-refractivity contribution in [2.24, 2.45) is 5.92 Å². The van der Waals surface area contributed by atoms with Crippen LogP contribution >= 0.6 is 22.9 Å². The number of morpholine rings is 1. The first-order chi connectivity index (χ1) is 16.4. The van der Waals surface area contributed by atoms with Gasteiger partial charge in [-0.2, -0.15) is 0 Å². The molecule has 178 valence electrons. The standard InChI is InChI=1S/C26H28ClN3O3S/c1-15-3-4-24(31)30(26(15)32)14-19-12-23-25(34-19)20(5-6-29-23)22-10-17(27)9-16(2)21(22)11-18-13-28-7-8-33-18/h5-6,9-10,12,15,18,28H,3-4,7-8,11,13-14H2,1-2H3. The van der Waals surface area contributed by atoms with Crippen molar-refractivity contribution in [2.45, 2.75) is 45.8 Å². The molecule has 5 rings (SSSR count). The van der Waals surface area contributed by atoms with E-state index in [0.29, 0.717) is 31.0 Å². The van der Waals surface area contributed by atoms with Crippen molar-refractivity contribution in [3.63, 3.8) is 0 Å². The molecule has 2 aliphatic rings. The number of aryl methyl sites for hydroxylation is 1. The number of rotatable bonds is 5. The Balaban J connectivity index is 1.53. The monoisotopic (exact) mass is 497 g/mol. The van der Waals surface area contributed by atoms with Crippen LogP contribution in [-0.2, 0) is 27.3 Å². The minimum absolute atomic E-state index is 0.0873. The van der Waals surface area contributed by atoms with Crippen molar-refractivity contribution >= 4 is 45.0 Å². The molecule has 3 aromatic rings. The Morgan fingerprint density at radius 2 is 2.12 bits per heavy atom. The molecule has 0 saturated carbocycles. The molecule has 2 saturated heterocycles. The molecule has 34 heavy (non-hydrogen) atoms. The van der Waals surface area contributed by atoms with Crippen molar-refractivity contribution in [3.8, 4) is 11.1 Å². The lowest BCUT2D eigenvalue weighted by Crippen LogP contribution is -2.43. The van der Waals surface area contributed by atoms with Gasteiger partial charge < -0.3 is 10.1 Å². The fraction of sp³-hybridized carbons (Fsp3) is 0.423. The van der Waals surface area contributed by atoms with E-state index >= 15 is 0 Å². The summed E-state index contributed by atoms with van der Waals surface area (Å²) < 4.78 is 7.02. The number of hydrogen-bond acceptors (Lipinski definition) is 6. The Labute approximate surface area is 208 Å². The van der Waals surface area contributed by atoms with E-state index in [9.17, 15) is 9.59 Å². The molecule has 2 atom stereocenters. The second kappa shape index (κ2) is 9.74. The maximum atomic E-state index is 12.6. The molecular formula is C26H28ClN3O3S. The lowest BCUT2D eigenvalue weighted by atomic mass is 9.92. The van der Waals surface area contributed by atoms with Crippen molar-refractivity contribution in [2.75, 3.05) is 19.7 Å². The van der Waals surface area contributed by atoms with Crippen LogP contribution in [0.15, 0.2) is 30.5 Å². The summed E-state index contributed by atoms with van der Waals surface area (Å²) in [4.78, 5) is 32.0. The lowest BCUT2D eigenvalue weighted by molar-refractivity contribution is -0.151. The number of aromatic nitrogens is 1. The number of nitrogens with zero attached hydrogens (tertiary/aromatic N) is 2. The van der Waals surface area contributed by atoms with Crippen LogP contribution in [0.3, 0.4) is 0 Å². The molecule has 4 heterocycles. The van der Waals surface area contributed by atoms with E-state index in [-0.39, 0.29) is 23.8 Å². The summed E-state index contributed by atoms with van der Waals surface area (Å²) in [6, 6.07) is 8.04. The Hall–Kier alpha value is -2.32. The zero-order valence-corrected chi connectivity index (χ0v) is 21.0. The predicted molar refractivity (Wildman–Crippen MR) is 135 cm³/mol. The fourth-order valence-electron chi connectivity index (χ4n) is 4.85. The number of pyridine rings is 1. The third-order valence-electron chi connectivity index (χ3n) is 6.72. The van der Waals surface area contributed by atoms with E-state index in [0.717, 1.165) is 51.3 Å². The highest BCUT2D eigenvalue weighted by molar-refractivity contribution is 7.19. The first-order valence-electron chi connectivity index (χ1n) is 11.7. The highest BCUT2D eigenvalue weighted by Crippen LogP contribution is 2.39. The van der Waals surface area contributed by atoms with Crippen molar-refractivity contribution in [1.82, 2.24) is 15.2 Å². The highest BCUT2D eigenvalue weighted by Gasteiger charge is 2.32. The SMILES string of the molecule is Cc1cc(Cl)cc(-c2ccnc3cc(CN4C(=O)CCC(C)C4=O)sc23)c1CC1CNCCO1. The molecule has 0 spiro atoms. The van der Waals surface area contributed by atoms with E-state index in [1.165, 1.54) is 10.5 Å². The molecule has 2 fully saturated rings. The molecule has 2 aliphatic heterocycles. The van der Waals surface area contributed by atoms with Gasteiger partial charge in [-0.3, -0.25) is 19.5 Å². The number of ether oxygens (including phenoxy) is 1. The van der Waals surface area contributed by atoms with Crippen LogP contribution in [0.2, 0.25) is 5.02 Å². The number of piperidine rings is 1. The van der Waals surface area contributed by atoms with Gasteiger partial charge in [0.25, 0.3) is 0 Å². The number of carbonyl (C=O) groups is 2. The van der Waals surface area contributed by atoms with E-state index < -0.39 is 0 Å². The van der Waals surface area contributed by atoms with E-state index in [2.05, 4.69) is 17.2 Å². The number of imide groups is 1. The summed E-state index contributed by atoms with van der Waals surface area (Å²) in [5.74, 6) is -0.299. The van der Waals surface area contributed by atoms with E-state index in [1.807, 2.05) is 37.4 Å². The first kappa shape index (κ1) is 23.4. The summed E-state index contributed by atoms with van der Waals surface area (Å²) in [6.07, 6.45) is 3.77. The Kier molecular flexibility index (Phi) is 6.71. The molecule has 0 aliphatic carbocycles. The van der Waals surface area contributed by atoms with Crippen LogP contribution in [0.25, 0.3) is 21.3 Å². The van der Waals surface area contributed by atoms with Crippen molar-refractivity contribution in [3.05, 3.63) is 51.5 Å². The Morgan fingerprint density at radius 1 is 1.26 bits per heavy atom. The van der Waals surface area contributed by atoms with Crippen LogP contribution < -0.4 is 5.32 Å². The van der Waals surface area contributed by atoms with Crippen molar-refractivity contribution < 1.29 is 14.3 Å². The number of hydrogen-bond donors (Lipinski definition) is 1. The number of fused-ring (bicyclic) bond motifs is 1. The Morgan fingerprint density at radius 3 is 2.91 bits per heavy atom. The average Bonchev–Trinajstić information content (AvgIpc) is 3.24. The molecule has 1 N–H and O–H groups in total. The van der Waals surface area contributed by atoms with Gasteiger partial charge in [-0.1, -0.05) is 18.5 Å². The van der Waals surface area contributed by atoms with Crippen LogP contribution in [0.1, 0.15) is 35.8 Å². The normalized spacial score (nSPS) is 21.4. The quantitative estimate of drug-likeness (QED) is 0.515. The molecule has 2 amide bonds. The summed E-state index contributed by atoms with van der Waals surface area (Å²) >= 11 is 8.10. The van der Waals surface area contributed by atoms with Gasteiger partial charge in [-0.05, 0) is 54.3 Å². The summed E-state index contributed by atoms with van der Waals surface area (Å²) in [7, 11) is 0. The predicted octanol–water partition coefficient (Wildman–Crippen LogP) is 4.74. The van der Waals surface area contributed by atoms with Gasteiger partial charge in [0.05, 0.1) is 29.5 Å². The van der Waals surface area contributed by atoms with Crippen LogP contribution in [0.4, 0.5) is 0 Å². The minimum Gasteiger partial charge on any atom is -0.375 e. The van der Waals surface area contributed by atoms with Crippen LogP contribution in [-0.4, -0.2) is 47.5 Å². The maximum absolute atomic E-state index is 12.6. The van der Waals surface area contributed by atoms with Gasteiger partial charge >= 0.3 is 0 Å². The number of nitrogens with one attached hydrogen (secondary N) is 1. The summed E-state index contributed by atoms with van der Waals surface area (Å²) in [6.45, 7) is 6.70. The number of benzene rings is 1. The molecule has 2 aromatic heterocycles. The molecule has 1 aromatic carbocycles.